The van der Waals surface area contributed by atoms with Crippen LogP contribution in [0, 0.1) is 0 Å². The molecule has 2 rings (SSSR count). The lowest BCUT2D eigenvalue weighted by atomic mass is 10.2. The van der Waals surface area contributed by atoms with Crippen molar-refractivity contribution in [3.05, 3.63) is 52.6 Å². The Kier molecular flexibility index (Phi) is 4.05. The van der Waals surface area contributed by atoms with Gasteiger partial charge < -0.3 is 19.2 Å². The van der Waals surface area contributed by atoms with Crippen molar-refractivity contribution in [3.8, 4) is 11.5 Å². The Labute approximate surface area is 114 Å². The van der Waals surface area contributed by atoms with Gasteiger partial charge in [-0.1, -0.05) is 0 Å². The Bertz CT molecular complexity index is 657. The van der Waals surface area contributed by atoms with E-state index in [1.807, 2.05) is 0 Å². The monoisotopic (exact) mass is 275 g/mol. The Hall–Kier alpha value is -2.76. The van der Waals surface area contributed by atoms with Gasteiger partial charge in [0.1, 0.15) is 6.26 Å². The van der Waals surface area contributed by atoms with Gasteiger partial charge in [0.25, 0.3) is 5.91 Å². The van der Waals surface area contributed by atoms with Gasteiger partial charge >= 0.3 is 5.63 Å². The Morgan fingerprint density at radius 2 is 1.85 bits per heavy atom. The molecule has 0 bridgehead atoms. The Balaban J connectivity index is 2.19. The molecule has 1 aromatic carbocycles. The number of carbonyl (C=O) groups is 1. The van der Waals surface area contributed by atoms with Crippen LogP contribution in [0.4, 0.5) is 5.69 Å². The summed E-state index contributed by atoms with van der Waals surface area (Å²) in [6.45, 7) is 0. The second kappa shape index (κ2) is 5.92. The van der Waals surface area contributed by atoms with E-state index in [1.54, 1.807) is 18.2 Å². The number of ether oxygens (including phenoxy) is 2. The van der Waals surface area contributed by atoms with Gasteiger partial charge in [-0.15, -0.1) is 0 Å². The van der Waals surface area contributed by atoms with E-state index < -0.39 is 5.63 Å². The predicted molar refractivity (Wildman–Crippen MR) is 72.5 cm³/mol. The van der Waals surface area contributed by atoms with Crippen LogP contribution in [0.3, 0.4) is 0 Å². The van der Waals surface area contributed by atoms with Crippen LogP contribution < -0.4 is 20.4 Å². The van der Waals surface area contributed by atoms with E-state index in [0.29, 0.717) is 17.2 Å². The molecule has 0 aliphatic carbocycles. The summed E-state index contributed by atoms with van der Waals surface area (Å²) in [5, 5.41) is 2.67. The molecule has 0 fully saturated rings. The van der Waals surface area contributed by atoms with E-state index >= 15 is 0 Å². The van der Waals surface area contributed by atoms with Gasteiger partial charge in [0, 0.05) is 17.8 Å². The smallest absolute Gasteiger partial charge is 0.335 e. The summed E-state index contributed by atoms with van der Waals surface area (Å²) in [7, 11) is 3.04. The summed E-state index contributed by atoms with van der Waals surface area (Å²) >= 11 is 0. The van der Waals surface area contributed by atoms with Crippen molar-refractivity contribution in [1.82, 2.24) is 0 Å². The Morgan fingerprint density at radius 1 is 1.10 bits per heavy atom. The first-order chi connectivity index (χ1) is 9.63. The molecular formula is C14H13NO5. The van der Waals surface area contributed by atoms with Gasteiger partial charge in [0.05, 0.1) is 19.8 Å². The van der Waals surface area contributed by atoms with Crippen LogP contribution in [-0.2, 0) is 0 Å². The minimum atomic E-state index is -0.507. The van der Waals surface area contributed by atoms with Crippen molar-refractivity contribution in [2.75, 3.05) is 19.5 Å². The first-order valence-corrected chi connectivity index (χ1v) is 5.76. The summed E-state index contributed by atoms with van der Waals surface area (Å²) in [6, 6.07) is 7.57. The van der Waals surface area contributed by atoms with Crippen LogP contribution in [0.1, 0.15) is 10.4 Å². The molecule has 1 amide bonds. The van der Waals surface area contributed by atoms with Crippen LogP contribution >= 0.6 is 0 Å². The first kappa shape index (κ1) is 13.7. The summed E-state index contributed by atoms with van der Waals surface area (Å²) in [5.74, 6) is 0.682. The number of hydrogen-bond acceptors (Lipinski definition) is 5. The zero-order valence-corrected chi connectivity index (χ0v) is 11.0. The molecule has 1 heterocycles. The normalized spacial score (nSPS) is 9.90. The van der Waals surface area contributed by atoms with Gasteiger partial charge in [-0.2, -0.15) is 0 Å². The van der Waals surface area contributed by atoms with Crippen molar-refractivity contribution >= 4 is 11.6 Å². The fourth-order valence-electron chi connectivity index (χ4n) is 1.60. The highest BCUT2D eigenvalue weighted by Crippen LogP contribution is 2.29. The molecule has 1 aromatic heterocycles. The lowest BCUT2D eigenvalue weighted by Crippen LogP contribution is -2.13. The van der Waals surface area contributed by atoms with E-state index in [-0.39, 0.29) is 11.5 Å². The third-order valence-electron chi connectivity index (χ3n) is 2.60. The molecule has 6 nitrogen and oxygen atoms in total. The zero-order valence-electron chi connectivity index (χ0n) is 11.0. The SMILES string of the molecule is COc1ccc(NC(=O)c2ccc(=O)oc2)cc1OC. The van der Waals surface area contributed by atoms with Crippen molar-refractivity contribution in [1.29, 1.82) is 0 Å². The molecule has 1 N–H and O–H groups in total. The van der Waals surface area contributed by atoms with E-state index in [0.717, 1.165) is 6.26 Å². The molecule has 2 aromatic rings. The molecule has 6 heteroatoms. The highest BCUT2D eigenvalue weighted by Gasteiger charge is 2.09. The number of amides is 1. The maximum absolute atomic E-state index is 11.9. The molecule has 0 aliphatic heterocycles. The molecule has 0 aliphatic rings. The standard InChI is InChI=1S/C14H13NO5/c1-18-11-5-4-10(7-12(11)19-2)15-14(17)9-3-6-13(16)20-8-9/h3-8H,1-2H3,(H,15,17). The second-order valence-electron chi connectivity index (χ2n) is 3.87. The highest BCUT2D eigenvalue weighted by atomic mass is 16.5. The molecule has 0 radical (unpaired) electrons. The van der Waals surface area contributed by atoms with Gasteiger partial charge in [0.2, 0.25) is 0 Å². The molecule has 0 atom stereocenters. The minimum absolute atomic E-state index is 0.249. The van der Waals surface area contributed by atoms with Gasteiger partial charge in [-0.05, 0) is 18.2 Å². The van der Waals surface area contributed by atoms with Crippen LogP contribution in [0.2, 0.25) is 0 Å². The average molecular weight is 275 g/mol. The molecule has 0 spiro atoms. The summed E-state index contributed by atoms with van der Waals surface area (Å²) in [6.07, 6.45) is 1.11. The minimum Gasteiger partial charge on any atom is -0.493 e. The molecule has 0 saturated heterocycles. The zero-order chi connectivity index (χ0) is 14.5. The average Bonchev–Trinajstić information content (AvgIpc) is 2.47. The van der Waals surface area contributed by atoms with Crippen molar-refractivity contribution < 1.29 is 18.7 Å². The molecular weight excluding hydrogens is 262 g/mol. The van der Waals surface area contributed by atoms with Crippen LogP contribution in [-0.4, -0.2) is 20.1 Å². The van der Waals surface area contributed by atoms with Crippen molar-refractivity contribution in [2.24, 2.45) is 0 Å². The van der Waals surface area contributed by atoms with Crippen molar-refractivity contribution in [3.63, 3.8) is 0 Å². The second-order valence-corrected chi connectivity index (χ2v) is 3.87. The molecule has 20 heavy (non-hydrogen) atoms. The number of benzene rings is 1. The quantitative estimate of drug-likeness (QED) is 0.922. The predicted octanol–water partition coefficient (Wildman–Crippen LogP) is 1.91. The Morgan fingerprint density at radius 3 is 2.45 bits per heavy atom. The van der Waals surface area contributed by atoms with Gasteiger partial charge in [-0.25, -0.2) is 4.79 Å². The topological polar surface area (TPSA) is 77.8 Å². The maximum atomic E-state index is 11.9. The van der Waals surface area contributed by atoms with Crippen LogP contribution in [0.5, 0.6) is 11.5 Å². The fraction of sp³-hybridized carbons (Fsp3) is 0.143. The molecule has 104 valence electrons. The van der Waals surface area contributed by atoms with E-state index in [2.05, 4.69) is 9.73 Å². The number of carbonyl (C=O) groups excluding carboxylic acids is 1. The lowest BCUT2D eigenvalue weighted by Gasteiger charge is -2.10. The van der Waals surface area contributed by atoms with Gasteiger partial charge in [0.15, 0.2) is 11.5 Å². The lowest BCUT2D eigenvalue weighted by molar-refractivity contribution is 0.102. The highest BCUT2D eigenvalue weighted by molar-refractivity contribution is 6.04. The first-order valence-electron chi connectivity index (χ1n) is 5.76. The van der Waals surface area contributed by atoms with Crippen LogP contribution in [0.25, 0.3) is 0 Å². The largest absolute Gasteiger partial charge is 0.493 e. The third kappa shape index (κ3) is 2.97. The van der Waals surface area contributed by atoms with E-state index in [4.69, 9.17) is 9.47 Å². The summed E-state index contributed by atoms with van der Waals surface area (Å²) in [5.41, 5.74) is 0.283. The fourth-order valence-corrected chi connectivity index (χ4v) is 1.60. The molecule has 0 saturated carbocycles. The van der Waals surface area contributed by atoms with Crippen LogP contribution in [0.15, 0.2) is 45.8 Å². The number of methoxy groups -OCH3 is 2. The number of hydrogen-bond donors (Lipinski definition) is 1. The maximum Gasteiger partial charge on any atom is 0.335 e. The van der Waals surface area contributed by atoms with E-state index in [9.17, 15) is 9.59 Å². The number of anilines is 1. The number of rotatable bonds is 4. The summed E-state index contributed by atoms with van der Waals surface area (Å²) in [4.78, 5) is 22.8. The number of nitrogens with one attached hydrogen (secondary N) is 1. The van der Waals surface area contributed by atoms with Gasteiger partial charge in [-0.3, -0.25) is 4.79 Å². The summed E-state index contributed by atoms with van der Waals surface area (Å²) < 4.78 is 14.9. The molecule has 0 unspecified atom stereocenters. The van der Waals surface area contributed by atoms with E-state index in [1.165, 1.54) is 26.4 Å². The third-order valence-corrected chi connectivity index (χ3v) is 2.60. The van der Waals surface area contributed by atoms with Crippen molar-refractivity contribution in [2.45, 2.75) is 0 Å².